The van der Waals surface area contributed by atoms with Gasteiger partial charge in [0.2, 0.25) is 10.0 Å². The van der Waals surface area contributed by atoms with Crippen LogP contribution in [0.2, 0.25) is 5.02 Å². The first-order valence-corrected chi connectivity index (χ1v) is 9.11. The fraction of sp³-hybridized carbons (Fsp3) is 0.188. The molecule has 2 aromatic rings. The minimum absolute atomic E-state index is 0.0201. The number of sulfonamides is 1. The third-order valence-electron chi connectivity index (χ3n) is 3.51. The molecule has 2 aromatic carbocycles. The zero-order chi connectivity index (χ0) is 17.2. The number of rotatable bonds is 5. The number of anilines is 1. The molecule has 3 rings (SSSR count). The first-order valence-electron chi connectivity index (χ1n) is 7.25. The SMILES string of the molecule is O=C1COc2cc(S(=O)(=O)NCCc3ccccc3)c(Cl)cc2N1. The molecule has 0 spiro atoms. The van der Waals surface area contributed by atoms with Crippen LogP contribution in [0.4, 0.5) is 5.69 Å². The molecule has 1 aliphatic heterocycles. The highest BCUT2D eigenvalue weighted by Crippen LogP contribution is 2.35. The Hall–Kier alpha value is -2.09. The van der Waals surface area contributed by atoms with Crippen molar-refractivity contribution in [2.75, 3.05) is 18.5 Å². The minimum atomic E-state index is -3.78. The molecule has 1 amide bonds. The Balaban J connectivity index is 1.76. The summed E-state index contributed by atoms with van der Waals surface area (Å²) in [5.41, 5.74) is 1.39. The van der Waals surface area contributed by atoms with Gasteiger partial charge in [0.25, 0.3) is 5.91 Å². The topological polar surface area (TPSA) is 84.5 Å². The van der Waals surface area contributed by atoms with E-state index in [1.807, 2.05) is 30.3 Å². The Morgan fingerprint density at radius 3 is 2.71 bits per heavy atom. The number of nitrogens with one attached hydrogen (secondary N) is 2. The number of carbonyl (C=O) groups is 1. The summed E-state index contributed by atoms with van der Waals surface area (Å²) in [5.74, 6) is -0.0300. The summed E-state index contributed by atoms with van der Waals surface area (Å²) in [5, 5.41) is 2.60. The molecule has 0 bridgehead atoms. The largest absolute Gasteiger partial charge is 0.482 e. The predicted octanol–water partition coefficient (Wildman–Crippen LogP) is 2.19. The number of hydrogen-bond acceptors (Lipinski definition) is 4. The van der Waals surface area contributed by atoms with Crippen LogP contribution in [-0.4, -0.2) is 27.5 Å². The number of carbonyl (C=O) groups excluding carboxylic acids is 1. The summed E-state index contributed by atoms with van der Waals surface area (Å²) in [6.07, 6.45) is 0.565. The highest BCUT2D eigenvalue weighted by Gasteiger charge is 2.24. The molecule has 126 valence electrons. The van der Waals surface area contributed by atoms with Crippen molar-refractivity contribution in [1.82, 2.24) is 4.72 Å². The van der Waals surface area contributed by atoms with Gasteiger partial charge in [-0.05, 0) is 18.1 Å². The van der Waals surface area contributed by atoms with Crippen LogP contribution in [0.15, 0.2) is 47.4 Å². The zero-order valence-corrected chi connectivity index (χ0v) is 14.2. The molecule has 0 saturated carbocycles. The smallest absolute Gasteiger partial charge is 0.262 e. The minimum Gasteiger partial charge on any atom is -0.482 e. The number of hydrogen-bond donors (Lipinski definition) is 2. The van der Waals surface area contributed by atoms with Crippen molar-refractivity contribution in [3.63, 3.8) is 0 Å². The van der Waals surface area contributed by atoms with E-state index < -0.39 is 10.0 Å². The fourth-order valence-electron chi connectivity index (χ4n) is 2.34. The van der Waals surface area contributed by atoms with Crippen LogP contribution in [0.3, 0.4) is 0 Å². The molecule has 0 radical (unpaired) electrons. The Bertz CT molecular complexity index is 869. The van der Waals surface area contributed by atoms with E-state index in [0.29, 0.717) is 12.1 Å². The van der Waals surface area contributed by atoms with E-state index in [2.05, 4.69) is 10.0 Å². The molecule has 0 unspecified atom stereocenters. The number of benzene rings is 2. The molecule has 24 heavy (non-hydrogen) atoms. The maximum atomic E-state index is 12.5. The molecule has 1 aliphatic rings. The Labute approximate surface area is 144 Å². The van der Waals surface area contributed by atoms with Gasteiger partial charge in [-0.25, -0.2) is 13.1 Å². The molecule has 1 heterocycles. The molecule has 2 N–H and O–H groups in total. The number of ether oxygens (including phenoxy) is 1. The van der Waals surface area contributed by atoms with Gasteiger partial charge in [0.1, 0.15) is 10.6 Å². The third-order valence-corrected chi connectivity index (χ3v) is 5.43. The second kappa shape index (κ2) is 6.80. The predicted molar refractivity (Wildman–Crippen MR) is 90.9 cm³/mol. The molecule has 8 heteroatoms. The first-order chi connectivity index (χ1) is 11.5. The quantitative estimate of drug-likeness (QED) is 0.849. The van der Waals surface area contributed by atoms with Gasteiger partial charge in [0.15, 0.2) is 6.61 Å². The van der Waals surface area contributed by atoms with Gasteiger partial charge < -0.3 is 10.1 Å². The van der Waals surface area contributed by atoms with Crippen LogP contribution >= 0.6 is 11.6 Å². The lowest BCUT2D eigenvalue weighted by Crippen LogP contribution is -2.28. The summed E-state index contributed by atoms with van der Waals surface area (Å²) in [4.78, 5) is 11.2. The Morgan fingerprint density at radius 1 is 1.21 bits per heavy atom. The summed E-state index contributed by atoms with van der Waals surface area (Å²) in [6.45, 7) is 0.0902. The van der Waals surface area contributed by atoms with Crippen molar-refractivity contribution in [2.45, 2.75) is 11.3 Å². The van der Waals surface area contributed by atoms with Gasteiger partial charge in [-0.1, -0.05) is 41.9 Å². The normalized spacial score (nSPS) is 13.8. The van der Waals surface area contributed by atoms with Crippen molar-refractivity contribution < 1.29 is 17.9 Å². The van der Waals surface area contributed by atoms with Crippen molar-refractivity contribution in [2.24, 2.45) is 0 Å². The lowest BCUT2D eigenvalue weighted by molar-refractivity contribution is -0.118. The molecular weight excluding hydrogens is 352 g/mol. The van der Waals surface area contributed by atoms with Crippen LogP contribution in [0.25, 0.3) is 0 Å². The second-order valence-corrected chi connectivity index (χ2v) is 7.39. The number of amides is 1. The van der Waals surface area contributed by atoms with Crippen molar-refractivity contribution >= 4 is 33.2 Å². The van der Waals surface area contributed by atoms with Gasteiger partial charge in [0, 0.05) is 12.6 Å². The Morgan fingerprint density at radius 2 is 1.96 bits per heavy atom. The van der Waals surface area contributed by atoms with Crippen LogP contribution in [-0.2, 0) is 21.2 Å². The summed E-state index contributed by atoms with van der Waals surface area (Å²) < 4.78 is 32.7. The molecule has 6 nitrogen and oxygen atoms in total. The molecular formula is C16H15ClN2O4S. The zero-order valence-electron chi connectivity index (χ0n) is 12.6. The van der Waals surface area contributed by atoms with Gasteiger partial charge in [0.05, 0.1) is 10.7 Å². The summed E-state index contributed by atoms with van der Waals surface area (Å²) in [7, 11) is -3.78. The van der Waals surface area contributed by atoms with Crippen molar-refractivity contribution in [1.29, 1.82) is 0 Å². The van der Waals surface area contributed by atoms with E-state index >= 15 is 0 Å². The van der Waals surface area contributed by atoms with E-state index in [9.17, 15) is 13.2 Å². The average molecular weight is 367 g/mol. The summed E-state index contributed by atoms with van der Waals surface area (Å²) >= 11 is 6.06. The third kappa shape index (κ3) is 3.69. The maximum absolute atomic E-state index is 12.5. The van der Waals surface area contributed by atoms with E-state index in [1.165, 1.54) is 12.1 Å². The molecule has 0 aliphatic carbocycles. The monoisotopic (exact) mass is 366 g/mol. The lowest BCUT2D eigenvalue weighted by Gasteiger charge is -2.19. The van der Waals surface area contributed by atoms with Crippen LogP contribution in [0.1, 0.15) is 5.56 Å². The summed E-state index contributed by atoms with van der Waals surface area (Å²) in [6, 6.07) is 12.3. The van der Waals surface area contributed by atoms with Crippen molar-refractivity contribution in [3.05, 3.63) is 53.1 Å². The molecule has 0 atom stereocenters. The highest BCUT2D eigenvalue weighted by atomic mass is 35.5. The van der Waals surface area contributed by atoms with Gasteiger partial charge in [-0.2, -0.15) is 0 Å². The second-order valence-electron chi connectivity index (χ2n) is 5.25. The highest BCUT2D eigenvalue weighted by molar-refractivity contribution is 7.89. The van der Waals surface area contributed by atoms with E-state index in [4.69, 9.17) is 16.3 Å². The van der Waals surface area contributed by atoms with Crippen LogP contribution < -0.4 is 14.8 Å². The van der Waals surface area contributed by atoms with Gasteiger partial charge in [-0.3, -0.25) is 4.79 Å². The van der Waals surface area contributed by atoms with E-state index in [0.717, 1.165) is 5.56 Å². The molecule has 0 aromatic heterocycles. The maximum Gasteiger partial charge on any atom is 0.262 e. The number of fused-ring (bicyclic) bond motifs is 1. The lowest BCUT2D eigenvalue weighted by atomic mass is 10.2. The standard InChI is InChI=1S/C16H15ClN2O4S/c17-12-8-13-14(23-10-16(20)19-13)9-15(12)24(21,22)18-7-6-11-4-2-1-3-5-11/h1-5,8-9,18H,6-7,10H2,(H,19,20). The molecule has 0 fully saturated rings. The molecule has 0 saturated heterocycles. The van der Waals surface area contributed by atoms with Gasteiger partial charge >= 0.3 is 0 Å². The van der Waals surface area contributed by atoms with Crippen LogP contribution in [0.5, 0.6) is 5.75 Å². The first kappa shape index (κ1) is 16.8. The van der Waals surface area contributed by atoms with E-state index in [-0.39, 0.29) is 34.7 Å². The van der Waals surface area contributed by atoms with E-state index in [1.54, 1.807) is 0 Å². The van der Waals surface area contributed by atoms with Gasteiger partial charge in [-0.15, -0.1) is 0 Å². The Kier molecular flexibility index (Phi) is 4.75. The van der Waals surface area contributed by atoms with Crippen molar-refractivity contribution in [3.8, 4) is 5.75 Å². The fourth-order valence-corrected chi connectivity index (χ4v) is 3.91. The average Bonchev–Trinajstić information content (AvgIpc) is 2.54. The number of halogens is 1. The van der Waals surface area contributed by atoms with Crippen LogP contribution in [0, 0.1) is 0 Å².